The number of hydrogen-bond acceptors (Lipinski definition) is 2. The number of fused-ring (bicyclic) bond motifs is 3. The second kappa shape index (κ2) is 4.69. The zero-order valence-electron chi connectivity index (χ0n) is 10.6. The molecule has 1 aromatic carbocycles. The Labute approximate surface area is 104 Å². The number of methoxy groups -OCH3 is 1. The highest BCUT2D eigenvalue weighted by Crippen LogP contribution is 2.33. The van der Waals surface area contributed by atoms with Crippen LogP contribution in [0.25, 0.3) is 0 Å². The molecule has 1 aromatic rings. The third kappa shape index (κ3) is 2.32. The number of ether oxygens (including phenoxy) is 1. The number of nitrogens with zero attached hydrogens (tertiary/aromatic N) is 1. The fourth-order valence-electron chi connectivity index (χ4n) is 3.33. The summed E-state index contributed by atoms with van der Waals surface area (Å²) in [5, 5.41) is 0. The molecule has 1 atom stereocenters. The summed E-state index contributed by atoms with van der Waals surface area (Å²) in [6.45, 7) is 2.65. The topological polar surface area (TPSA) is 12.5 Å². The van der Waals surface area contributed by atoms with E-state index in [9.17, 15) is 0 Å². The molecule has 2 nitrogen and oxygen atoms in total. The van der Waals surface area contributed by atoms with Crippen molar-refractivity contribution in [3.8, 4) is 5.75 Å². The second-order valence-corrected chi connectivity index (χ2v) is 5.42. The van der Waals surface area contributed by atoms with Crippen LogP contribution in [0.15, 0.2) is 24.3 Å². The highest BCUT2D eigenvalue weighted by Gasteiger charge is 2.33. The molecule has 2 bridgehead atoms. The van der Waals surface area contributed by atoms with Crippen LogP contribution in [0, 0.1) is 5.92 Å². The zero-order chi connectivity index (χ0) is 11.7. The lowest BCUT2D eigenvalue weighted by atomic mass is 9.81. The van der Waals surface area contributed by atoms with Gasteiger partial charge in [0.05, 0.1) is 7.11 Å². The molecular formula is C15H21NO. The van der Waals surface area contributed by atoms with Gasteiger partial charge >= 0.3 is 0 Å². The number of benzene rings is 1. The number of rotatable bonds is 3. The predicted molar refractivity (Wildman–Crippen MR) is 69.4 cm³/mol. The van der Waals surface area contributed by atoms with Crippen molar-refractivity contribution >= 4 is 0 Å². The molecule has 3 aliphatic rings. The van der Waals surface area contributed by atoms with Crippen LogP contribution in [0.3, 0.4) is 0 Å². The Morgan fingerprint density at radius 1 is 1.18 bits per heavy atom. The lowest BCUT2D eigenvalue weighted by molar-refractivity contribution is 0.0498. The standard InChI is InChI=1S/C15H21NO/c1-17-15-4-2-12(3-5-15)10-14-11-13-6-8-16(14)9-7-13/h2-5,13-14H,6-11H2,1H3/t14-/m0/s1. The fourth-order valence-corrected chi connectivity index (χ4v) is 3.33. The van der Waals surface area contributed by atoms with Crippen LogP contribution in [0.1, 0.15) is 24.8 Å². The van der Waals surface area contributed by atoms with Gasteiger partial charge in [0.2, 0.25) is 0 Å². The molecule has 0 saturated carbocycles. The monoisotopic (exact) mass is 231 g/mol. The summed E-state index contributed by atoms with van der Waals surface area (Å²) in [5.41, 5.74) is 1.45. The molecule has 0 amide bonds. The van der Waals surface area contributed by atoms with E-state index in [0.29, 0.717) is 0 Å². The van der Waals surface area contributed by atoms with Crippen LogP contribution in [-0.2, 0) is 6.42 Å². The molecule has 0 aliphatic carbocycles. The van der Waals surface area contributed by atoms with Gasteiger partial charge in [-0.1, -0.05) is 12.1 Å². The molecule has 0 unspecified atom stereocenters. The molecule has 3 fully saturated rings. The zero-order valence-corrected chi connectivity index (χ0v) is 10.6. The molecule has 17 heavy (non-hydrogen) atoms. The summed E-state index contributed by atoms with van der Waals surface area (Å²) < 4.78 is 5.20. The normalized spacial score (nSPS) is 31.5. The fraction of sp³-hybridized carbons (Fsp3) is 0.600. The third-order valence-corrected chi connectivity index (χ3v) is 4.40. The van der Waals surface area contributed by atoms with Crippen molar-refractivity contribution in [1.82, 2.24) is 4.90 Å². The van der Waals surface area contributed by atoms with Gasteiger partial charge < -0.3 is 9.64 Å². The molecule has 92 valence electrons. The van der Waals surface area contributed by atoms with Gasteiger partial charge in [-0.25, -0.2) is 0 Å². The first-order valence-corrected chi connectivity index (χ1v) is 6.72. The predicted octanol–water partition coefficient (Wildman–Crippen LogP) is 2.72. The van der Waals surface area contributed by atoms with E-state index in [1.807, 2.05) is 0 Å². The largest absolute Gasteiger partial charge is 0.497 e. The van der Waals surface area contributed by atoms with Gasteiger partial charge in [-0.2, -0.15) is 0 Å². The highest BCUT2D eigenvalue weighted by molar-refractivity contribution is 5.27. The van der Waals surface area contributed by atoms with Crippen molar-refractivity contribution in [2.45, 2.75) is 31.7 Å². The van der Waals surface area contributed by atoms with Gasteiger partial charge in [-0.15, -0.1) is 0 Å². The van der Waals surface area contributed by atoms with E-state index in [0.717, 1.165) is 17.7 Å². The Balaban J connectivity index is 1.66. The summed E-state index contributed by atoms with van der Waals surface area (Å²) in [5.74, 6) is 1.96. The maximum Gasteiger partial charge on any atom is 0.118 e. The van der Waals surface area contributed by atoms with Crippen LogP contribution >= 0.6 is 0 Å². The summed E-state index contributed by atoms with van der Waals surface area (Å²) in [4.78, 5) is 2.68. The van der Waals surface area contributed by atoms with Crippen LogP contribution < -0.4 is 4.74 Å². The minimum Gasteiger partial charge on any atom is -0.497 e. The third-order valence-electron chi connectivity index (χ3n) is 4.40. The summed E-state index contributed by atoms with van der Waals surface area (Å²) in [7, 11) is 1.72. The Morgan fingerprint density at radius 3 is 2.41 bits per heavy atom. The van der Waals surface area contributed by atoms with E-state index in [2.05, 4.69) is 29.2 Å². The average Bonchev–Trinajstić information content (AvgIpc) is 2.41. The molecule has 0 radical (unpaired) electrons. The SMILES string of the molecule is COc1ccc(C[C@H]2CC3CCN2CC3)cc1. The van der Waals surface area contributed by atoms with E-state index in [-0.39, 0.29) is 0 Å². The molecule has 0 N–H and O–H groups in total. The maximum absolute atomic E-state index is 5.20. The van der Waals surface area contributed by atoms with Crippen molar-refractivity contribution < 1.29 is 4.74 Å². The number of piperidine rings is 3. The Morgan fingerprint density at radius 2 is 1.88 bits per heavy atom. The van der Waals surface area contributed by atoms with Crippen LogP contribution in [0.2, 0.25) is 0 Å². The van der Waals surface area contributed by atoms with E-state index in [4.69, 9.17) is 4.74 Å². The first-order chi connectivity index (χ1) is 8.35. The van der Waals surface area contributed by atoms with Gasteiger partial charge in [0.1, 0.15) is 5.75 Å². The highest BCUT2D eigenvalue weighted by atomic mass is 16.5. The lowest BCUT2D eigenvalue weighted by Crippen LogP contribution is -2.49. The van der Waals surface area contributed by atoms with Gasteiger partial charge in [0.15, 0.2) is 0 Å². The van der Waals surface area contributed by atoms with Crippen LogP contribution in [-0.4, -0.2) is 31.1 Å². The van der Waals surface area contributed by atoms with Gasteiger partial charge in [-0.05, 0) is 62.4 Å². The van der Waals surface area contributed by atoms with Gasteiger partial charge in [0, 0.05) is 6.04 Å². The summed E-state index contributed by atoms with van der Waals surface area (Å²) in [6, 6.07) is 9.36. The summed E-state index contributed by atoms with van der Waals surface area (Å²) in [6.07, 6.45) is 5.48. The van der Waals surface area contributed by atoms with Crippen molar-refractivity contribution in [1.29, 1.82) is 0 Å². The van der Waals surface area contributed by atoms with Crippen molar-refractivity contribution in [3.05, 3.63) is 29.8 Å². The van der Waals surface area contributed by atoms with E-state index >= 15 is 0 Å². The minimum atomic E-state index is 0.788. The van der Waals surface area contributed by atoms with Crippen molar-refractivity contribution in [3.63, 3.8) is 0 Å². The Kier molecular flexibility index (Phi) is 3.06. The van der Waals surface area contributed by atoms with Crippen molar-refractivity contribution in [2.24, 2.45) is 5.92 Å². The lowest BCUT2D eigenvalue weighted by Gasteiger charge is -2.45. The second-order valence-electron chi connectivity index (χ2n) is 5.42. The average molecular weight is 231 g/mol. The molecule has 3 aliphatic heterocycles. The quantitative estimate of drug-likeness (QED) is 0.793. The maximum atomic E-state index is 5.20. The smallest absolute Gasteiger partial charge is 0.118 e. The van der Waals surface area contributed by atoms with E-state index < -0.39 is 0 Å². The van der Waals surface area contributed by atoms with Crippen LogP contribution in [0.5, 0.6) is 5.75 Å². The number of hydrogen-bond donors (Lipinski definition) is 0. The first-order valence-electron chi connectivity index (χ1n) is 6.72. The molecule has 2 heteroatoms. The van der Waals surface area contributed by atoms with Gasteiger partial charge in [0.25, 0.3) is 0 Å². The molecule has 3 heterocycles. The molecule has 0 aromatic heterocycles. The molecule has 3 saturated heterocycles. The summed E-state index contributed by atoms with van der Waals surface area (Å²) >= 11 is 0. The van der Waals surface area contributed by atoms with Crippen molar-refractivity contribution in [2.75, 3.05) is 20.2 Å². The first kappa shape index (κ1) is 11.1. The van der Waals surface area contributed by atoms with Crippen LogP contribution in [0.4, 0.5) is 0 Å². The molecule has 4 rings (SSSR count). The molecule has 0 spiro atoms. The molecular weight excluding hydrogens is 210 g/mol. The minimum absolute atomic E-state index is 0.788. The Bertz CT molecular complexity index is 365. The Hall–Kier alpha value is -1.02. The van der Waals surface area contributed by atoms with E-state index in [1.54, 1.807) is 7.11 Å². The van der Waals surface area contributed by atoms with E-state index in [1.165, 1.54) is 44.3 Å². The van der Waals surface area contributed by atoms with Gasteiger partial charge in [-0.3, -0.25) is 0 Å².